The van der Waals surface area contributed by atoms with E-state index in [0.717, 1.165) is 12.8 Å². The lowest BCUT2D eigenvalue weighted by Crippen LogP contribution is -2.41. The first-order valence-corrected chi connectivity index (χ1v) is 12.6. The molecular formula is C20H38O2Si. The van der Waals surface area contributed by atoms with Crippen molar-refractivity contribution in [3.63, 3.8) is 0 Å². The molecule has 2 saturated carbocycles. The summed E-state index contributed by atoms with van der Waals surface area (Å²) >= 11 is 0. The van der Waals surface area contributed by atoms with E-state index in [4.69, 9.17) is 4.43 Å². The molecule has 2 aliphatic rings. The van der Waals surface area contributed by atoms with Crippen molar-refractivity contribution in [1.29, 1.82) is 0 Å². The van der Waals surface area contributed by atoms with Crippen LogP contribution in [0.4, 0.5) is 0 Å². The minimum Gasteiger partial charge on any atom is -0.413 e. The summed E-state index contributed by atoms with van der Waals surface area (Å²) in [5, 5.41) is 11.5. The van der Waals surface area contributed by atoms with Crippen molar-refractivity contribution >= 4 is 8.32 Å². The summed E-state index contributed by atoms with van der Waals surface area (Å²) in [4.78, 5) is 0. The highest BCUT2D eigenvalue weighted by molar-refractivity contribution is 6.74. The SMILES string of the molecule is CC(C)(C)[Si](C)(C)OC/C=C/[C@H]1CC[C@H]2CCCCCC[C@]21O. The standard InChI is InChI=1S/C20H38O2Si/c1-19(2,3)23(4,5)22-16-10-12-18-14-13-17-11-8-6-7-9-15-20(17,18)21/h10,12,17-18,21H,6-9,11,13-16H2,1-5H3/b12-10+/t17-,18+,20+/m1/s1. The van der Waals surface area contributed by atoms with E-state index >= 15 is 0 Å². The zero-order valence-corrected chi connectivity index (χ0v) is 17.0. The number of rotatable bonds is 4. The van der Waals surface area contributed by atoms with Gasteiger partial charge in [-0.05, 0) is 49.7 Å². The maximum Gasteiger partial charge on any atom is 0.192 e. The molecule has 0 bridgehead atoms. The predicted molar refractivity (Wildman–Crippen MR) is 101 cm³/mol. The molecule has 0 spiro atoms. The van der Waals surface area contributed by atoms with Gasteiger partial charge < -0.3 is 9.53 Å². The lowest BCUT2D eigenvalue weighted by molar-refractivity contribution is -0.0388. The van der Waals surface area contributed by atoms with Gasteiger partial charge in [0.25, 0.3) is 0 Å². The van der Waals surface area contributed by atoms with Gasteiger partial charge in [0.15, 0.2) is 8.32 Å². The normalized spacial score (nSPS) is 33.5. The van der Waals surface area contributed by atoms with Crippen LogP contribution in [0.1, 0.15) is 72.1 Å². The number of aliphatic hydroxyl groups is 1. The number of hydrogen-bond donors (Lipinski definition) is 1. The highest BCUT2D eigenvalue weighted by Crippen LogP contribution is 2.48. The fraction of sp³-hybridized carbons (Fsp3) is 0.900. The molecule has 0 aliphatic heterocycles. The highest BCUT2D eigenvalue weighted by Gasteiger charge is 2.47. The van der Waals surface area contributed by atoms with Crippen molar-refractivity contribution in [1.82, 2.24) is 0 Å². The minimum atomic E-state index is -1.66. The van der Waals surface area contributed by atoms with Crippen LogP contribution < -0.4 is 0 Å². The number of fused-ring (bicyclic) bond motifs is 1. The lowest BCUT2D eigenvalue weighted by Gasteiger charge is -2.37. The van der Waals surface area contributed by atoms with E-state index in [1.165, 1.54) is 38.5 Å². The summed E-state index contributed by atoms with van der Waals surface area (Å²) in [6, 6.07) is 0. The van der Waals surface area contributed by atoms with E-state index < -0.39 is 13.9 Å². The van der Waals surface area contributed by atoms with Crippen LogP contribution in [0.25, 0.3) is 0 Å². The molecule has 134 valence electrons. The second-order valence-corrected chi connectivity index (χ2v) is 14.1. The third-order valence-corrected chi connectivity index (χ3v) is 11.3. The zero-order valence-electron chi connectivity index (χ0n) is 16.0. The van der Waals surface area contributed by atoms with E-state index in [-0.39, 0.29) is 5.04 Å². The molecule has 0 saturated heterocycles. The van der Waals surface area contributed by atoms with Crippen LogP contribution in [-0.2, 0) is 4.43 Å². The molecule has 0 heterocycles. The van der Waals surface area contributed by atoms with Gasteiger partial charge in [0.05, 0.1) is 12.2 Å². The van der Waals surface area contributed by atoms with E-state index in [1.54, 1.807) is 0 Å². The van der Waals surface area contributed by atoms with Gasteiger partial charge in [0.2, 0.25) is 0 Å². The van der Waals surface area contributed by atoms with Crippen LogP contribution in [-0.4, -0.2) is 25.6 Å². The Morgan fingerprint density at radius 2 is 1.78 bits per heavy atom. The maximum absolute atomic E-state index is 11.3. The molecule has 3 heteroatoms. The van der Waals surface area contributed by atoms with Gasteiger partial charge in [-0.25, -0.2) is 0 Å². The molecule has 2 fully saturated rings. The Kier molecular flexibility index (Phi) is 6.19. The first kappa shape index (κ1) is 19.2. The zero-order chi connectivity index (χ0) is 17.1. The van der Waals surface area contributed by atoms with E-state index in [1.807, 2.05) is 0 Å². The Morgan fingerprint density at radius 1 is 1.09 bits per heavy atom. The first-order valence-electron chi connectivity index (χ1n) is 9.70. The minimum absolute atomic E-state index is 0.261. The molecule has 2 rings (SSSR count). The summed E-state index contributed by atoms with van der Waals surface area (Å²) < 4.78 is 6.24. The van der Waals surface area contributed by atoms with Crippen LogP contribution in [0, 0.1) is 11.8 Å². The fourth-order valence-corrected chi connectivity index (χ4v) is 5.02. The smallest absolute Gasteiger partial charge is 0.192 e. The quantitative estimate of drug-likeness (QED) is 0.528. The van der Waals surface area contributed by atoms with Crippen molar-refractivity contribution in [2.45, 2.75) is 95.9 Å². The Morgan fingerprint density at radius 3 is 2.48 bits per heavy atom. The number of hydrogen-bond acceptors (Lipinski definition) is 2. The average molecular weight is 339 g/mol. The van der Waals surface area contributed by atoms with Crippen LogP contribution in [0.5, 0.6) is 0 Å². The molecule has 0 aromatic rings. The second kappa shape index (κ2) is 7.41. The van der Waals surface area contributed by atoms with Gasteiger partial charge in [-0.1, -0.05) is 58.6 Å². The molecule has 0 radical (unpaired) electrons. The monoisotopic (exact) mass is 338 g/mol. The van der Waals surface area contributed by atoms with Crippen LogP contribution in [0.15, 0.2) is 12.2 Å². The Labute approximate surface area is 144 Å². The molecule has 3 atom stereocenters. The topological polar surface area (TPSA) is 29.5 Å². The summed E-state index contributed by atoms with van der Waals surface area (Å²) in [7, 11) is -1.66. The highest BCUT2D eigenvalue weighted by atomic mass is 28.4. The second-order valence-electron chi connectivity index (χ2n) is 9.32. The molecule has 0 aromatic carbocycles. The Bertz CT molecular complexity index is 410. The average Bonchev–Trinajstić information content (AvgIpc) is 2.71. The van der Waals surface area contributed by atoms with Gasteiger partial charge in [-0.15, -0.1) is 0 Å². The van der Waals surface area contributed by atoms with Crippen LogP contribution >= 0.6 is 0 Å². The maximum atomic E-state index is 11.3. The third kappa shape index (κ3) is 4.49. The van der Waals surface area contributed by atoms with Crippen molar-refractivity contribution < 1.29 is 9.53 Å². The molecule has 2 nitrogen and oxygen atoms in total. The van der Waals surface area contributed by atoms with Crippen molar-refractivity contribution in [2.75, 3.05) is 6.61 Å². The van der Waals surface area contributed by atoms with Crippen LogP contribution in [0.3, 0.4) is 0 Å². The lowest BCUT2D eigenvalue weighted by atomic mass is 9.76. The molecule has 2 aliphatic carbocycles. The van der Waals surface area contributed by atoms with Crippen molar-refractivity contribution in [3.8, 4) is 0 Å². The molecule has 0 unspecified atom stereocenters. The molecule has 1 N–H and O–H groups in total. The largest absolute Gasteiger partial charge is 0.413 e. The molecule has 0 amide bonds. The van der Waals surface area contributed by atoms with Gasteiger partial charge in [-0.3, -0.25) is 0 Å². The fourth-order valence-electron chi connectivity index (χ4n) is 4.08. The van der Waals surface area contributed by atoms with Gasteiger partial charge in [0.1, 0.15) is 0 Å². The molecule has 0 aromatic heterocycles. The van der Waals surface area contributed by atoms with Crippen molar-refractivity contribution in [3.05, 3.63) is 12.2 Å². The van der Waals surface area contributed by atoms with Gasteiger partial charge in [0, 0.05) is 5.92 Å². The van der Waals surface area contributed by atoms with Crippen molar-refractivity contribution in [2.24, 2.45) is 11.8 Å². The van der Waals surface area contributed by atoms with Crippen LogP contribution in [0.2, 0.25) is 18.1 Å². The summed E-state index contributed by atoms with van der Waals surface area (Å²) in [5.74, 6) is 0.868. The van der Waals surface area contributed by atoms with E-state index in [2.05, 4.69) is 46.0 Å². The molecule has 23 heavy (non-hydrogen) atoms. The van der Waals surface area contributed by atoms with Gasteiger partial charge >= 0.3 is 0 Å². The first-order chi connectivity index (χ1) is 10.7. The van der Waals surface area contributed by atoms with Gasteiger partial charge in [-0.2, -0.15) is 0 Å². The predicted octanol–water partition coefficient (Wildman–Crippen LogP) is 5.68. The third-order valence-electron chi connectivity index (χ3n) is 6.77. The van der Waals surface area contributed by atoms with E-state index in [9.17, 15) is 5.11 Å². The van der Waals surface area contributed by atoms with E-state index in [0.29, 0.717) is 18.4 Å². The summed E-state index contributed by atoms with van der Waals surface area (Å²) in [5.41, 5.74) is -0.437. The molecular weight excluding hydrogens is 300 g/mol. The Hall–Kier alpha value is -0.123. The summed E-state index contributed by atoms with van der Waals surface area (Å²) in [6.45, 7) is 12.1. The summed E-state index contributed by atoms with van der Waals surface area (Å²) in [6.07, 6.45) is 14.2. The Balaban J connectivity index is 1.92.